The van der Waals surface area contributed by atoms with Crippen molar-refractivity contribution in [2.45, 2.75) is 236 Å². The normalized spacial score (nSPS) is 23.8. The highest BCUT2D eigenvalue weighted by atomic mass is 16.6. The van der Waals surface area contributed by atoms with Gasteiger partial charge in [0.25, 0.3) is 0 Å². The molecule has 0 aromatic rings. The average molecular weight is 899 g/mol. The van der Waals surface area contributed by atoms with Gasteiger partial charge < -0.3 is 28.3 Å². The van der Waals surface area contributed by atoms with Crippen LogP contribution >= 0.6 is 0 Å². The van der Waals surface area contributed by atoms with Gasteiger partial charge in [-0.05, 0) is 186 Å². The maximum atomic E-state index is 11.7. The molecular weight excluding hydrogens is 799 g/mol. The minimum atomic E-state index is -0.599. The first-order chi connectivity index (χ1) is 29.1. The number of unbranched alkanes of at least 4 members (excludes halogenated alkanes) is 2. The Hall–Kier alpha value is -1.94. The summed E-state index contributed by atoms with van der Waals surface area (Å²) < 4.78 is 36.6. The fourth-order valence-corrected chi connectivity index (χ4v) is 10.9. The molecule has 2 saturated carbocycles. The lowest BCUT2D eigenvalue weighted by molar-refractivity contribution is -0.155. The Labute approximate surface area is 394 Å². The van der Waals surface area contributed by atoms with Crippen LogP contribution < -0.4 is 0 Å². The molecule has 0 radical (unpaired) electrons. The summed E-state index contributed by atoms with van der Waals surface area (Å²) >= 11 is 0. The predicted molar refractivity (Wildman–Crippen MR) is 268 cm³/mol. The van der Waals surface area contributed by atoms with Crippen LogP contribution in [0, 0.1) is 39.4 Å². The lowest BCUT2D eigenvalue weighted by Crippen LogP contribution is -2.47. The fourth-order valence-electron chi connectivity index (χ4n) is 10.9. The Balaban J connectivity index is 1.75. The molecule has 0 spiro atoms. The quantitative estimate of drug-likeness (QED) is 0.0223. The first-order valence-electron chi connectivity index (χ1n) is 25.0. The molecule has 0 heterocycles. The number of hydrogen-bond donors (Lipinski definition) is 0. The van der Waals surface area contributed by atoms with Crippen LogP contribution in [-0.4, -0.2) is 73.8 Å². The standard InChI is InChI=1S/C55H99BO8/c1-21-42-35-54(19,38-50(11,12)59-32-26-24-29-48(7,8)53(17,18)62-40-56-64-46(58)41(3)4)30-27-44(42)43-36-55(20,37-43)39-51(13,14)60-33-25-23-28-47(5,6)52(15,16)61-34-31-49(9,10)63-45(57)22-2/h21-22,42-44,56H,1-3,23-40H2,4-20H3. The van der Waals surface area contributed by atoms with Crippen LogP contribution in [0.3, 0.4) is 0 Å². The van der Waals surface area contributed by atoms with Crippen molar-refractivity contribution in [2.24, 2.45) is 39.4 Å². The predicted octanol–water partition coefficient (Wildman–Crippen LogP) is 13.7. The van der Waals surface area contributed by atoms with Crippen LogP contribution in [-0.2, 0) is 37.9 Å². The van der Waals surface area contributed by atoms with E-state index in [9.17, 15) is 9.59 Å². The highest BCUT2D eigenvalue weighted by molar-refractivity contribution is 6.31. The minimum Gasteiger partial charge on any atom is -0.534 e. The van der Waals surface area contributed by atoms with E-state index in [0.29, 0.717) is 42.4 Å². The van der Waals surface area contributed by atoms with Crippen LogP contribution in [0.2, 0.25) is 0 Å². The molecular formula is C55H99BO8. The van der Waals surface area contributed by atoms with E-state index in [1.807, 2.05) is 13.8 Å². The van der Waals surface area contributed by atoms with Gasteiger partial charge in [0.2, 0.25) is 0 Å². The maximum absolute atomic E-state index is 11.7. The number of rotatable bonds is 31. The van der Waals surface area contributed by atoms with Gasteiger partial charge in [0.05, 0.1) is 35.5 Å². The molecule has 2 rings (SSSR count). The third-order valence-corrected chi connectivity index (χ3v) is 16.0. The van der Waals surface area contributed by atoms with Gasteiger partial charge in [0.15, 0.2) is 0 Å². The summed E-state index contributed by atoms with van der Waals surface area (Å²) in [4.78, 5) is 23.4. The van der Waals surface area contributed by atoms with Crippen molar-refractivity contribution < 1.29 is 37.9 Å². The minimum absolute atomic E-state index is 0.0237. The molecule has 9 heteroatoms. The molecule has 3 unspecified atom stereocenters. The monoisotopic (exact) mass is 899 g/mol. The zero-order chi connectivity index (χ0) is 49.1. The lowest BCUT2D eigenvalue weighted by atomic mass is 9.51. The first kappa shape index (κ1) is 58.2. The van der Waals surface area contributed by atoms with Crippen molar-refractivity contribution in [3.8, 4) is 0 Å². The largest absolute Gasteiger partial charge is 0.534 e. The Morgan fingerprint density at radius 3 is 1.64 bits per heavy atom. The molecule has 3 atom stereocenters. The summed E-state index contributed by atoms with van der Waals surface area (Å²) in [5.41, 5.74) is -0.729. The first-order valence-corrected chi connectivity index (χ1v) is 25.0. The summed E-state index contributed by atoms with van der Waals surface area (Å²) in [5.74, 6) is 1.25. The van der Waals surface area contributed by atoms with E-state index < -0.39 is 11.6 Å². The van der Waals surface area contributed by atoms with Crippen LogP contribution in [0.1, 0.15) is 208 Å². The van der Waals surface area contributed by atoms with E-state index in [1.165, 1.54) is 38.2 Å². The van der Waals surface area contributed by atoms with Gasteiger partial charge in [-0.1, -0.05) is 73.6 Å². The van der Waals surface area contributed by atoms with Crippen molar-refractivity contribution in [3.05, 3.63) is 37.5 Å². The topological polar surface area (TPSA) is 89.5 Å². The Bertz CT molecular complexity index is 1510. The Kier molecular flexibility index (Phi) is 21.3. The van der Waals surface area contributed by atoms with Crippen LogP contribution in [0.25, 0.3) is 0 Å². The molecule has 0 aromatic heterocycles. The smallest absolute Gasteiger partial charge is 0.370 e. The van der Waals surface area contributed by atoms with E-state index >= 15 is 0 Å². The second-order valence-corrected chi connectivity index (χ2v) is 25.1. The molecule has 2 fully saturated rings. The molecule has 0 bridgehead atoms. The Morgan fingerprint density at radius 2 is 1.16 bits per heavy atom. The lowest BCUT2D eigenvalue weighted by Gasteiger charge is -2.55. The second kappa shape index (κ2) is 23.4. The summed E-state index contributed by atoms with van der Waals surface area (Å²) in [6.07, 6.45) is 18.8. The van der Waals surface area contributed by atoms with Gasteiger partial charge >= 0.3 is 19.4 Å². The molecule has 0 saturated heterocycles. The highest BCUT2D eigenvalue weighted by Gasteiger charge is 2.50. The third kappa shape index (κ3) is 18.6. The van der Waals surface area contributed by atoms with Gasteiger partial charge in [0, 0.05) is 31.3 Å². The van der Waals surface area contributed by atoms with Crippen LogP contribution in [0.5, 0.6) is 0 Å². The van der Waals surface area contributed by atoms with E-state index in [-0.39, 0.29) is 52.1 Å². The van der Waals surface area contributed by atoms with Crippen molar-refractivity contribution in [1.29, 1.82) is 0 Å². The van der Waals surface area contributed by atoms with Gasteiger partial charge in [-0.3, -0.25) is 0 Å². The van der Waals surface area contributed by atoms with Crippen molar-refractivity contribution in [3.63, 3.8) is 0 Å². The maximum Gasteiger partial charge on any atom is 0.370 e. The van der Waals surface area contributed by atoms with Gasteiger partial charge in [-0.15, -0.1) is 6.58 Å². The molecule has 0 N–H and O–H groups in total. The summed E-state index contributed by atoms with van der Waals surface area (Å²) in [5, 5.41) is 0. The van der Waals surface area contributed by atoms with E-state index in [1.54, 1.807) is 6.92 Å². The number of hydrogen-bond acceptors (Lipinski definition) is 8. The van der Waals surface area contributed by atoms with Crippen LogP contribution in [0.4, 0.5) is 0 Å². The van der Waals surface area contributed by atoms with Gasteiger partial charge in [-0.25, -0.2) is 9.59 Å². The second-order valence-electron chi connectivity index (χ2n) is 25.1. The molecule has 2 aliphatic carbocycles. The van der Waals surface area contributed by atoms with Crippen molar-refractivity contribution in [2.75, 3.05) is 26.3 Å². The molecule has 64 heavy (non-hydrogen) atoms. The SMILES string of the molecule is C=CC(=O)OC(C)(C)CCOC(C)(C)C(C)(C)CCCCOC(C)(C)CC1(C)CC(C2CCC(C)(CC(C)(C)OCCCCC(C)(C)C(C)(C)OCBOC(=O)C(=C)C)CC2C=C)C1. The number of carbonyl (C=O) groups is 2. The van der Waals surface area contributed by atoms with Crippen molar-refractivity contribution >= 4 is 19.4 Å². The summed E-state index contributed by atoms with van der Waals surface area (Å²) in [6, 6.07) is 0. The van der Waals surface area contributed by atoms with E-state index in [0.717, 1.165) is 70.5 Å². The van der Waals surface area contributed by atoms with Gasteiger partial charge in [0.1, 0.15) is 5.60 Å². The van der Waals surface area contributed by atoms with Crippen molar-refractivity contribution in [1.82, 2.24) is 0 Å². The fraction of sp³-hybridized carbons (Fsp3) is 0.855. The summed E-state index contributed by atoms with van der Waals surface area (Å²) in [6.45, 7) is 51.2. The molecule has 370 valence electrons. The molecule has 0 aliphatic heterocycles. The number of allylic oxidation sites excluding steroid dienone is 1. The average Bonchev–Trinajstić information content (AvgIpc) is 3.13. The third-order valence-electron chi connectivity index (χ3n) is 16.0. The number of ether oxygens (including phenoxy) is 5. The zero-order valence-corrected chi connectivity index (χ0v) is 44.7. The molecule has 0 aromatic carbocycles. The van der Waals surface area contributed by atoms with Crippen LogP contribution in [0.15, 0.2) is 37.5 Å². The van der Waals surface area contributed by atoms with E-state index in [4.69, 9.17) is 28.3 Å². The van der Waals surface area contributed by atoms with Gasteiger partial charge in [-0.2, -0.15) is 0 Å². The number of esters is 1. The molecule has 0 amide bonds. The molecule has 2 aliphatic rings. The zero-order valence-electron chi connectivity index (χ0n) is 44.7. The highest BCUT2D eigenvalue weighted by Crippen LogP contribution is 2.59. The summed E-state index contributed by atoms with van der Waals surface area (Å²) in [7, 11) is 0.233. The van der Waals surface area contributed by atoms with E-state index in [2.05, 4.69) is 123 Å². The molecule has 8 nitrogen and oxygen atoms in total. The number of carbonyl (C=O) groups excluding carboxylic acids is 2. The Morgan fingerprint density at radius 1 is 0.656 bits per heavy atom.